The molecule has 0 atom stereocenters. The molecule has 1 aliphatic rings. The third-order valence-electron chi connectivity index (χ3n) is 4.97. The molecule has 3 nitrogen and oxygen atoms in total. The van der Waals surface area contributed by atoms with Crippen molar-refractivity contribution in [3.63, 3.8) is 0 Å². The van der Waals surface area contributed by atoms with Crippen LogP contribution in [-0.4, -0.2) is 28.9 Å². The smallest absolute Gasteiger partial charge is 0.344 e. The number of hydrogen-bond donors (Lipinski definition) is 0. The first-order chi connectivity index (χ1) is 13.2. The molecule has 3 aromatic carbocycles. The van der Waals surface area contributed by atoms with Gasteiger partial charge >= 0.3 is 5.97 Å². The van der Waals surface area contributed by atoms with Crippen LogP contribution < -0.4 is 4.74 Å². The largest absolute Gasteiger partial charge is 0.422 e. The number of piperidine rings is 1. The molecule has 27 heavy (non-hydrogen) atoms. The molecule has 1 aliphatic heterocycles. The van der Waals surface area contributed by atoms with E-state index in [1.165, 1.54) is 6.42 Å². The van der Waals surface area contributed by atoms with Crippen LogP contribution in [-0.2, 0) is 0 Å². The summed E-state index contributed by atoms with van der Waals surface area (Å²) >= 11 is 5.71. The van der Waals surface area contributed by atoms with Crippen LogP contribution in [0.5, 0.6) is 5.75 Å². The molecule has 4 heteroatoms. The Morgan fingerprint density at radius 3 is 2.33 bits per heavy atom. The van der Waals surface area contributed by atoms with Crippen molar-refractivity contribution in [2.45, 2.75) is 19.3 Å². The highest BCUT2D eigenvalue weighted by molar-refractivity contribution is 7.80. The maximum absolute atomic E-state index is 12.9. The van der Waals surface area contributed by atoms with Crippen LogP contribution in [0.15, 0.2) is 66.7 Å². The van der Waals surface area contributed by atoms with Crippen molar-refractivity contribution >= 4 is 33.9 Å². The van der Waals surface area contributed by atoms with Crippen LogP contribution >= 0.6 is 12.2 Å². The Morgan fingerprint density at radius 1 is 0.815 bits per heavy atom. The van der Waals surface area contributed by atoms with Gasteiger partial charge in [0.15, 0.2) is 0 Å². The molecule has 0 aromatic heterocycles. The van der Waals surface area contributed by atoms with Gasteiger partial charge in [-0.2, -0.15) is 0 Å². The van der Waals surface area contributed by atoms with E-state index in [1.807, 2.05) is 60.7 Å². The maximum atomic E-state index is 12.9. The van der Waals surface area contributed by atoms with Gasteiger partial charge in [0, 0.05) is 13.1 Å². The average molecular weight is 375 g/mol. The number of likely N-dealkylation sites (tertiary alicyclic amines) is 1. The molecular weight excluding hydrogens is 354 g/mol. The zero-order valence-electron chi connectivity index (χ0n) is 15.1. The number of carbonyl (C=O) groups is 1. The number of rotatable bonds is 3. The third-order valence-corrected chi connectivity index (χ3v) is 5.45. The third kappa shape index (κ3) is 3.71. The van der Waals surface area contributed by atoms with Crippen LogP contribution in [0.4, 0.5) is 0 Å². The summed E-state index contributed by atoms with van der Waals surface area (Å²) < 4.78 is 5.80. The number of nitrogens with zero attached hydrogens (tertiary/aromatic N) is 1. The van der Waals surface area contributed by atoms with E-state index >= 15 is 0 Å². The van der Waals surface area contributed by atoms with Crippen molar-refractivity contribution in [2.24, 2.45) is 0 Å². The Labute approximate surface area is 164 Å². The van der Waals surface area contributed by atoms with Gasteiger partial charge in [-0.15, -0.1) is 0 Å². The highest BCUT2D eigenvalue weighted by Gasteiger charge is 2.20. The Kier molecular flexibility index (Phi) is 5.16. The Hall–Kier alpha value is -2.72. The lowest BCUT2D eigenvalue weighted by Crippen LogP contribution is -2.35. The van der Waals surface area contributed by atoms with E-state index in [-0.39, 0.29) is 5.97 Å². The molecule has 0 bridgehead atoms. The van der Waals surface area contributed by atoms with Crippen LogP contribution in [0.25, 0.3) is 10.8 Å². The first-order valence-corrected chi connectivity index (χ1v) is 9.73. The monoisotopic (exact) mass is 375 g/mol. The highest BCUT2D eigenvalue weighted by Crippen LogP contribution is 2.25. The predicted octanol–water partition coefficient (Wildman–Crippen LogP) is 5.22. The van der Waals surface area contributed by atoms with Gasteiger partial charge in [-0.1, -0.05) is 60.7 Å². The number of ether oxygens (including phenoxy) is 1. The lowest BCUT2D eigenvalue weighted by atomic mass is 10.0. The van der Waals surface area contributed by atoms with Crippen LogP contribution in [0, 0.1) is 0 Å². The summed E-state index contributed by atoms with van der Waals surface area (Å²) in [4.78, 5) is 15.9. The number of fused-ring (bicyclic) bond motifs is 1. The SMILES string of the molecule is O=C(Oc1ccccc1C(=S)N1CCCCC1)c1cccc2ccccc12. The van der Waals surface area contributed by atoms with E-state index < -0.39 is 0 Å². The van der Waals surface area contributed by atoms with Gasteiger partial charge in [0.25, 0.3) is 0 Å². The van der Waals surface area contributed by atoms with Crippen molar-refractivity contribution in [2.75, 3.05) is 13.1 Å². The molecule has 4 rings (SSSR count). The lowest BCUT2D eigenvalue weighted by Gasteiger charge is -2.29. The zero-order chi connectivity index (χ0) is 18.6. The second kappa shape index (κ2) is 7.89. The molecule has 0 aliphatic carbocycles. The van der Waals surface area contributed by atoms with Crippen LogP contribution in [0.3, 0.4) is 0 Å². The summed E-state index contributed by atoms with van der Waals surface area (Å²) in [5.41, 5.74) is 1.37. The molecule has 0 amide bonds. The molecule has 1 fully saturated rings. The van der Waals surface area contributed by atoms with Gasteiger partial charge in [0.05, 0.1) is 11.1 Å². The fourth-order valence-corrected chi connectivity index (χ4v) is 3.91. The van der Waals surface area contributed by atoms with Crippen molar-refractivity contribution in [1.29, 1.82) is 0 Å². The lowest BCUT2D eigenvalue weighted by molar-refractivity contribution is 0.0736. The summed E-state index contributed by atoms with van der Waals surface area (Å²) in [6.07, 6.45) is 3.55. The van der Waals surface area contributed by atoms with Crippen LogP contribution in [0.1, 0.15) is 35.2 Å². The fourth-order valence-electron chi connectivity index (χ4n) is 3.56. The van der Waals surface area contributed by atoms with E-state index in [2.05, 4.69) is 4.90 Å². The standard InChI is InChI=1S/C23H21NO2S/c25-23(19-13-8-10-17-9-2-3-11-18(17)19)26-21-14-5-4-12-20(21)22(27)24-15-6-1-7-16-24/h2-5,8-14H,1,6-7,15-16H2. The van der Waals surface area contributed by atoms with Gasteiger partial charge in [0.2, 0.25) is 0 Å². The van der Waals surface area contributed by atoms with E-state index in [4.69, 9.17) is 17.0 Å². The molecule has 0 N–H and O–H groups in total. The first-order valence-electron chi connectivity index (χ1n) is 9.32. The minimum atomic E-state index is -0.360. The number of para-hydroxylation sites is 1. The van der Waals surface area contributed by atoms with Crippen molar-refractivity contribution in [1.82, 2.24) is 4.90 Å². The van der Waals surface area contributed by atoms with Gasteiger partial charge in [-0.25, -0.2) is 4.79 Å². The first kappa shape index (κ1) is 17.7. The molecule has 0 saturated carbocycles. The molecular formula is C23H21NO2S. The van der Waals surface area contributed by atoms with E-state index in [1.54, 1.807) is 6.07 Å². The summed E-state index contributed by atoms with van der Waals surface area (Å²) in [6, 6.07) is 21.0. The molecule has 3 aromatic rings. The second-order valence-electron chi connectivity index (χ2n) is 6.77. The Balaban J connectivity index is 1.63. The van der Waals surface area contributed by atoms with E-state index in [9.17, 15) is 4.79 Å². The molecule has 1 heterocycles. The molecule has 136 valence electrons. The summed E-state index contributed by atoms with van der Waals surface area (Å²) in [7, 11) is 0. The quantitative estimate of drug-likeness (QED) is 0.357. The number of thiocarbonyl (C=S) groups is 1. The number of benzene rings is 3. The minimum absolute atomic E-state index is 0.360. The number of carbonyl (C=O) groups excluding carboxylic acids is 1. The van der Waals surface area contributed by atoms with Crippen LogP contribution in [0.2, 0.25) is 0 Å². The predicted molar refractivity (Wildman–Crippen MR) is 112 cm³/mol. The Morgan fingerprint density at radius 2 is 1.48 bits per heavy atom. The van der Waals surface area contributed by atoms with Gasteiger partial charge in [-0.3, -0.25) is 0 Å². The van der Waals surface area contributed by atoms with Gasteiger partial charge < -0.3 is 9.64 Å². The molecule has 0 unspecified atom stereocenters. The van der Waals surface area contributed by atoms with Crippen molar-refractivity contribution < 1.29 is 9.53 Å². The van der Waals surface area contributed by atoms with E-state index in [0.29, 0.717) is 11.3 Å². The summed E-state index contributed by atoms with van der Waals surface area (Å²) in [5.74, 6) is 0.159. The fraction of sp³-hybridized carbons (Fsp3) is 0.217. The highest BCUT2D eigenvalue weighted by atomic mass is 32.1. The van der Waals surface area contributed by atoms with E-state index in [0.717, 1.165) is 47.3 Å². The Bertz CT molecular complexity index is 987. The average Bonchev–Trinajstić information content (AvgIpc) is 2.74. The normalized spacial score (nSPS) is 14.1. The van der Waals surface area contributed by atoms with Gasteiger partial charge in [0.1, 0.15) is 10.7 Å². The summed E-state index contributed by atoms with van der Waals surface area (Å²) in [6.45, 7) is 1.93. The molecule has 0 radical (unpaired) electrons. The minimum Gasteiger partial charge on any atom is -0.422 e. The van der Waals surface area contributed by atoms with Crippen molar-refractivity contribution in [3.8, 4) is 5.75 Å². The maximum Gasteiger partial charge on any atom is 0.344 e. The molecule has 0 spiro atoms. The topological polar surface area (TPSA) is 29.5 Å². The van der Waals surface area contributed by atoms with Gasteiger partial charge in [-0.05, 0) is 48.2 Å². The summed E-state index contributed by atoms with van der Waals surface area (Å²) in [5, 5.41) is 1.91. The number of esters is 1. The molecule has 1 saturated heterocycles. The second-order valence-corrected chi connectivity index (χ2v) is 7.15. The number of hydrogen-bond acceptors (Lipinski definition) is 3. The zero-order valence-corrected chi connectivity index (χ0v) is 15.9. The van der Waals surface area contributed by atoms with Crippen molar-refractivity contribution in [3.05, 3.63) is 77.9 Å².